The van der Waals surface area contributed by atoms with Crippen molar-refractivity contribution in [3.05, 3.63) is 35.6 Å². The molecule has 74 valence electrons. The molecule has 1 fully saturated rings. The second-order valence-corrected chi connectivity index (χ2v) is 3.37. The van der Waals surface area contributed by atoms with Crippen molar-refractivity contribution in [2.24, 2.45) is 5.73 Å². The molecule has 0 bridgehead atoms. The van der Waals surface area contributed by atoms with Crippen LogP contribution in [0.2, 0.25) is 0 Å². The van der Waals surface area contributed by atoms with Crippen LogP contribution in [0, 0.1) is 5.82 Å². The number of hydrogen-bond acceptors (Lipinski definition) is 2. The van der Waals surface area contributed by atoms with Crippen molar-refractivity contribution in [1.82, 2.24) is 0 Å². The van der Waals surface area contributed by atoms with E-state index in [9.17, 15) is 9.18 Å². The van der Waals surface area contributed by atoms with E-state index in [1.54, 1.807) is 12.1 Å². The van der Waals surface area contributed by atoms with E-state index >= 15 is 0 Å². The Balaban J connectivity index is 1.99. The van der Waals surface area contributed by atoms with E-state index < -0.39 is 6.09 Å². The highest BCUT2D eigenvalue weighted by atomic mass is 19.1. The van der Waals surface area contributed by atoms with Crippen molar-refractivity contribution in [3.8, 4) is 0 Å². The molecule has 0 heterocycles. The van der Waals surface area contributed by atoms with Gasteiger partial charge in [-0.25, -0.2) is 9.18 Å². The Labute approximate surface area is 80.7 Å². The average Bonchev–Trinajstić information content (AvgIpc) is 2.84. The van der Waals surface area contributed by atoms with Gasteiger partial charge in [0.25, 0.3) is 0 Å². The zero-order valence-corrected chi connectivity index (χ0v) is 7.44. The van der Waals surface area contributed by atoms with Crippen LogP contribution in [0.3, 0.4) is 0 Å². The normalized spacial score (nSPS) is 24.4. The maximum Gasteiger partial charge on any atom is 0.404 e. The maximum atomic E-state index is 12.6. The minimum Gasteiger partial charge on any atom is -0.446 e. The zero-order chi connectivity index (χ0) is 10.1. The topological polar surface area (TPSA) is 52.3 Å². The van der Waals surface area contributed by atoms with Crippen LogP contribution in [0.1, 0.15) is 17.9 Å². The highest BCUT2D eigenvalue weighted by Gasteiger charge is 2.41. The van der Waals surface area contributed by atoms with E-state index in [2.05, 4.69) is 0 Å². The lowest BCUT2D eigenvalue weighted by atomic mass is 10.1. The maximum absolute atomic E-state index is 12.6. The molecule has 1 saturated carbocycles. The first-order chi connectivity index (χ1) is 6.66. The number of amides is 1. The summed E-state index contributed by atoms with van der Waals surface area (Å²) in [7, 11) is 0. The molecule has 2 atom stereocenters. The van der Waals surface area contributed by atoms with E-state index in [1.165, 1.54) is 12.1 Å². The molecule has 1 aliphatic rings. The molecule has 0 aromatic heterocycles. The van der Waals surface area contributed by atoms with Crippen molar-refractivity contribution in [3.63, 3.8) is 0 Å². The Bertz CT molecular complexity index is 350. The first kappa shape index (κ1) is 8.99. The molecule has 2 unspecified atom stereocenters. The summed E-state index contributed by atoms with van der Waals surface area (Å²) in [6.07, 6.45) is -0.105. The van der Waals surface area contributed by atoms with Gasteiger partial charge in [0.05, 0.1) is 0 Å². The quantitative estimate of drug-likeness (QED) is 0.781. The third-order valence-electron chi connectivity index (χ3n) is 2.30. The number of halogens is 1. The highest BCUT2D eigenvalue weighted by Crippen LogP contribution is 2.43. The van der Waals surface area contributed by atoms with Crippen LogP contribution in [0.5, 0.6) is 0 Å². The molecule has 3 nitrogen and oxygen atoms in total. The van der Waals surface area contributed by atoms with Gasteiger partial charge in [-0.15, -0.1) is 0 Å². The van der Waals surface area contributed by atoms with Crippen LogP contribution in [0.25, 0.3) is 0 Å². The average molecular weight is 195 g/mol. The molecule has 4 heteroatoms. The number of benzene rings is 1. The molecule has 14 heavy (non-hydrogen) atoms. The van der Waals surface area contributed by atoms with Gasteiger partial charge in [0.15, 0.2) is 0 Å². The Morgan fingerprint density at radius 2 is 2.07 bits per heavy atom. The molecule has 1 aromatic carbocycles. The van der Waals surface area contributed by atoms with Gasteiger partial charge in [-0.2, -0.15) is 0 Å². The fourth-order valence-corrected chi connectivity index (χ4v) is 1.51. The van der Waals surface area contributed by atoms with Crippen molar-refractivity contribution in [1.29, 1.82) is 0 Å². The highest BCUT2D eigenvalue weighted by molar-refractivity contribution is 5.65. The summed E-state index contributed by atoms with van der Waals surface area (Å²) in [6, 6.07) is 6.19. The van der Waals surface area contributed by atoms with Gasteiger partial charge in [-0.3, -0.25) is 0 Å². The lowest BCUT2D eigenvalue weighted by molar-refractivity contribution is 0.147. The minimum absolute atomic E-state index is 0.127. The summed E-state index contributed by atoms with van der Waals surface area (Å²) < 4.78 is 17.4. The second kappa shape index (κ2) is 3.29. The summed E-state index contributed by atoms with van der Waals surface area (Å²) in [4.78, 5) is 10.4. The van der Waals surface area contributed by atoms with Crippen molar-refractivity contribution < 1.29 is 13.9 Å². The van der Waals surface area contributed by atoms with Crippen molar-refractivity contribution >= 4 is 6.09 Å². The molecule has 0 spiro atoms. The molecular formula is C10H10FNO2. The Morgan fingerprint density at radius 3 is 2.64 bits per heavy atom. The van der Waals surface area contributed by atoms with Gasteiger partial charge in [0.2, 0.25) is 0 Å². The van der Waals surface area contributed by atoms with Crippen LogP contribution >= 0.6 is 0 Å². The molecule has 0 aliphatic heterocycles. The van der Waals surface area contributed by atoms with Crippen LogP contribution < -0.4 is 5.73 Å². The van der Waals surface area contributed by atoms with Crippen LogP contribution in [0.4, 0.5) is 9.18 Å². The van der Waals surface area contributed by atoms with Gasteiger partial charge < -0.3 is 10.5 Å². The molecule has 2 rings (SSSR count). The summed E-state index contributed by atoms with van der Waals surface area (Å²) in [5.74, 6) is -0.0788. The van der Waals surface area contributed by atoms with Crippen LogP contribution in [0.15, 0.2) is 24.3 Å². The summed E-state index contributed by atoms with van der Waals surface area (Å²) in [6.45, 7) is 0. The van der Waals surface area contributed by atoms with Crippen molar-refractivity contribution in [2.75, 3.05) is 0 Å². The molecule has 0 saturated heterocycles. The fourth-order valence-electron chi connectivity index (χ4n) is 1.51. The molecular weight excluding hydrogens is 185 g/mol. The van der Waals surface area contributed by atoms with Gasteiger partial charge >= 0.3 is 6.09 Å². The molecule has 1 aromatic rings. The monoisotopic (exact) mass is 195 g/mol. The fraction of sp³-hybridized carbons (Fsp3) is 0.300. The smallest absolute Gasteiger partial charge is 0.404 e. The number of primary amides is 1. The SMILES string of the molecule is NC(=O)OC1CC1c1ccc(F)cc1. The Hall–Kier alpha value is -1.58. The lowest BCUT2D eigenvalue weighted by Crippen LogP contribution is -2.14. The standard InChI is InChI=1S/C10H10FNO2/c11-7-3-1-6(2-4-7)8-5-9(8)14-10(12)13/h1-4,8-9H,5H2,(H2,12,13). The molecule has 1 aliphatic carbocycles. The largest absolute Gasteiger partial charge is 0.446 e. The zero-order valence-electron chi connectivity index (χ0n) is 7.44. The van der Waals surface area contributed by atoms with Gasteiger partial charge in [-0.05, 0) is 24.1 Å². The Morgan fingerprint density at radius 1 is 1.43 bits per heavy atom. The van der Waals surface area contributed by atoms with Crippen molar-refractivity contribution in [2.45, 2.75) is 18.4 Å². The first-order valence-electron chi connectivity index (χ1n) is 4.38. The number of carbonyl (C=O) groups is 1. The minimum atomic E-state index is -0.750. The predicted molar refractivity (Wildman–Crippen MR) is 48.2 cm³/mol. The summed E-state index contributed by atoms with van der Waals surface area (Å²) >= 11 is 0. The Kier molecular flexibility index (Phi) is 2.11. The number of ether oxygens (including phenoxy) is 1. The van der Waals surface area contributed by atoms with E-state index in [-0.39, 0.29) is 17.8 Å². The van der Waals surface area contributed by atoms with Gasteiger partial charge in [0.1, 0.15) is 11.9 Å². The van der Waals surface area contributed by atoms with Gasteiger partial charge in [-0.1, -0.05) is 12.1 Å². The van der Waals surface area contributed by atoms with E-state index in [0.29, 0.717) is 0 Å². The summed E-state index contributed by atoms with van der Waals surface area (Å²) in [5.41, 5.74) is 5.86. The number of hydrogen-bond donors (Lipinski definition) is 1. The lowest BCUT2D eigenvalue weighted by Gasteiger charge is -2.00. The molecule has 0 radical (unpaired) electrons. The van der Waals surface area contributed by atoms with E-state index in [0.717, 1.165) is 12.0 Å². The number of rotatable bonds is 2. The first-order valence-corrected chi connectivity index (χ1v) is 4.38. The van der Waals surface area contributed by atoms with E-state index in [1.807, 2.05) is 0 Å². The van der Waals surface area contributed by atoms with Crippen LogP contribution in [-0.2, 0) is 4.74 Å². The van der Waals surface area contributed by atoms with E-state index in [4.69, 9.17) is 10.5 Å². The number of carbonyl (C=O) groups excluding carboxylic acids is 1. The second-order valence-electron chi connectivity index (χ2n) is 3.37. The summed E-state index contributed by atoms with van der Waals surface area (Å²) in [5, 5.41) is 0. The van der Waals surface area contributed by atoms with Gasteiger partial charge in [0, 0.05) is 5.92 Å². The molecule has 1 amide bonds. The predicted octanol–water partition coefficient (Wildman–Crippen LogP) is 1.78. The van der Waals surface area contributed by atoms with Crippen LogP contribution in [-0.4, -0.2) is 12.2 Å². The third kappa shape index (κ3) is 1.84. The number of nitrogens with two attached hydrogens (primary N) is 1. The third-order valence-corrected chi connectivity index (χ3v) is 2.30. The molecule has 2 N–H and O–H groups in total.